The molecule has 1 unspecified atom stereocenters. The minimum absolute atomic E-state index is 0.543. The Balaban J connectivity index is 1.88. The summed E-state index contributed by atoms with van der Waals surface area (Å²) in [4.78, 5) is 6.67. The molecular weight excluding hydrogens is 268 g/mol. The highest BCUT2D eigenvalue weighted by Crippen LogP contribution is 2.37. The van der Waals surface area contributed by atoms with E-state index in [4.69, 9.17) is 0 Å². The molecule has 0 radical (unpaired) electrons. The molecule has 1 atom stereocenters. The summed E-state index contributed by atoms with van der Waals surface area (Å²) < 4.78 is 0. The maximum absolute atomic E-state index is 4.58. The smallest absolute Gasteiger partial charge is 0.0909 e. The van der Waals surface area contributed by atoms with Crippen molar-refractivity contribution in [3.05, 3.63) is 65.2 Å². The first-order valence-electron chi connectivity index (χ1n) is 8.20. The van der Waals surface area contributed by atoms with Crippen LogP contribution in [0.25, 0.3) is 0 Å². The zero-order valence-electron chi connectivity index (χ0n) is 13.5. The first-order chi connectivity index (χ1) is 10.8. The van der Waals surface area contributed by atoms with Crippen LogP contribution in [-0.2, 0) is 6.42 Å². The molecule has 0 heterocycles. The fourth-order valence-corrected chi connectivity index (χ4v) is 3.16. The van der Waals surface area contributed by atoms with Crippen LogP contribution in [0, 0.1) is 0 Å². The minimum Gasteiger partial charge on any atom is -0.366 e. The molecule has 0 spiro atoms. The largest absolute Gasteiger partial charge is 0.366 e. The van der Waals surface area contributed by atoms with Crippen LogP contribution >= 0.6 is 0 Å². The highest BCUT2D eigenvalue weighted by molar-refractivity contribution is 5.62. The predicted octanol–water partition coefficient (Wildman–Crippen LogP) is 4.77. The Morgan fingerprint density at radius 3 is 2.77 bits per heavy atom. The van der Waals surface area contributed by atoms with E-state index in [9.17, 15) is 0 Å². The van der Waals surface area contributed by atoms with Crippen LogP contribution in [-0.4, -0.2) is 24.8 Å². The van der Waals surface area contributed by atoms with Crippen LogP contribution in [0.1, 0.15) is 42.4 Å². The van der Waals surface area contributed by atoms with E-state index in [2.05, 4.69) is 65.3 Å². The van der Waals surface area contributed by atoms with Gasteiger partial charge in [0, 0.05) is 19.5 Å². The van der Waals surface area contributed by atoms with Gasteiger partial charge in [0.2, 0.25) is 0 Å². The maximum atomic E-state index is 4.58. The zero-order valence-corrected chi connectivity index (χ0v) is 13.5. The van der Waals surface area contributed by atoms with Gasteiger partial charge < -0.3 is 4.90 Å². The molecule has 0 aromatic heterocycles. The maximum Gasteiger partial charge on any atom is 0.0909 e. The first kappa shape index (κ1) is 14.8. The van der Waals surface area contributed by atoms with Crippen molar-refractivity contribution in [2.75, 3.05) is 13.6 Å². The SMILES string of the molecule is CCN(C)C=Nc1ccc2c(c1)CCCC2c1ccccc1. The molecule has 0 N–H and O–H groups in total. The molecule has 0 fully saturated rings. The van der Waals surface area contributed by atoms with E-state index in [0.29, 0.717) is 5.92 Å². The first-order valence-corrected chi connectivity index (χ1v) is 8.20. The van der Waals surface area contributed by atoms with Crippen molar-refractivity contribution in [1.29, 1.82) is 0 Å². The van der Waals surface area contributed by atoms with Crippen molar-refractivity contribution >= 4 is 12.0 Å². The van der Waals surface area contributed by atoms with Crippen molar-refractivity contribution in [1.82, 2.24) is 4.90 Å². The molecular formula is C20H24N2. The van der Waals surface area contributed by atoms with Crippen molar-refractivity contribution in [2.24, 2.45) is 4.99 Å². The highest BCUT2D eigenvalue weighted by Gasteiger charge is 2.21. The van der Waals surface area contributed by atoms with Crippen LogP contribution in [0.5, 0.6) is 0 Å². The Morgan fingerprint density at radius 1 is 1.18 bits per heavy atom. The monoisotopic (exact) mass is 292 g/mol. The summed E-state index contributed by atoms with van der Waals surface area (Å²) in [5.41, 5.74) is 5.45. The fraction of sp³-hybridized carbons (Fsp3) is 0.350. The quantitative estimate of drug-likeness (QED) is 0.585. The minimum atomic E-state index is 0.543. The lowest BCUT2D eigenvalue weighted by Crippen LogP contribution is -2.14. The summed E-state index contributed by atoms with van der Waals surface area (Å²) in [6.45, 7) is 3.11. The molecule has 1 aliphatic rings. The van der Waals surface area contributed by atoms with Crippen LogP contribution < -0.4 is 0 Å². The highest BCUT2D eigenvalue weighted by atomic mass is 15.1. The molecule has 3 rings (SSSR count). The van der Waals surface area contributed by atoms with Gasteiger partial charge in [-0.3, -0.25) is 0 Å². The Hall–Kier alpha value is -2.09. The van der Waals surface area contributed by atoms with Gasteiger partial charge in [0.05, 0.1) is 12.0 Å². The summed E-state index contributed by atoms with van der Waals surface area (Å²) in [5, 5.41) is 0. The Morgan fingerprint density at radius 2 is 2.00 bits per heavy atom. The molecule has 2 nitrogen and oxygen atoms in total. The van der Waals surface area contributed by atoms with Gasteiger partial charge in [-0.25, -0.2) is 4.99 Å². The molecule has 114 valence electrons. The molecule has 1 aliphatic carbocycles. The third-order valence-electron chi connectivity index (χ3n) is 4.55. The standard InChI is InChI=1S/C20H24N2/c1-3-22(2)15-21-18-12-13-20-17(14-18)10-7-11-19(20)16-8-5-4-6-9-16/h4-6,8-9,12-15,19H,3,7,10-11H2,1-2H3. The average molecular weight is 292 g/mol. The second kappa shape index (κ2) is 6.78. The van der Waals surface area contributed by atoms with Crippen molar-refractivity contribution in [3.63, 3.8) is 0 Å². The Labute approximate surface area is 133 Å². The summed E-state index contributed by atoms with van der Waals surface area (Å²) in [7, 11) is 2.05. The van der Waals surface area contributed by atoms with Gasteiger partial charge in [0.1, 0.15) is 0 Å². The number of hydrogen-bond donors (Lipinski definition) is 0. The van der Waals surface area contributed by atoms with Gasteiger partial charge in [-0.1, -0.05) is 36.4 Å². The number of rotatable bonds is 4. The average Bonchev–Trinajstić information content (AvgIpc) is 2.59. The lowest BCUT2D eigenvalue weighted by Gasteiger charge is -2.26. The molecule has 2 aromatic rings. The van der Waals surface area contributed by atoms with Gasteiger partial charge in [-0.15, -0.1) is 0 Å². The van der Waals surface area contributed by atoms with Crippen LogP contribution in [0.2, 0.25) is 0 Å². The summed E-state index contributed by atoms with van der Waals surface area (Å²) in [6.07, 6.45) is 5.59. The lowest BCUT2D eigenvalue weighted by atomic mass is 9.79. The number of aliphatic imine (C=N–C) groups is 1. The molecule has 0 saturated heterocycles. The van der Waals surface area contributed by atoms with Crippen molar-refractivity contribution < 1.29 is 0 Å². The molecule has 2 aromatic carbocycles. The normalized spacial score (nSPS) is 17.5. The van der Waals surface area contributed by atoms with Gasteiger partial charge in [0.25, 0.3) is 0 Å². The van der Waals surface area contributed by atoms with E-state index < -0.39 is 0 Å². The fourth-order valence-electron chi connectivity index (χ4n) is 3.16. The predicted molar refractivity (Wildman–Crippen MR) is 94.1 cm³/mol. The second-order valence-corrected chi connectivity index (χ2v) is 6.06. The summed E-state index contributed by atoms with van der Waals surface area (Å²) in [5.74, 6) is 0.543. The van der Waals surface area contributed by atoms with Crippen LogP contribution in [0.3, 0.4) is 0 Å². The second-order valence-electron chi connectivity index (χ2n) is 6.06. The summed E-state index contributed by atoms with van der Waals surface area (Å²) in [6, 6.07) is 17.6. The molecule has 0 aliphatic heterocycles. The Kier molecular flexibility index (Phi) is 4.57. The molecule has 22 heavy (non-hydrogen) atoms. The number of aryl methyl sites for hydroxylation is 1. The van der Waals surface area contributed by atoms with E-state index in [1.54, 1.807) is 0 Å². The van der Waals surface area contributed by atoms with E-state index in [-0.39, 0.29) is 0 Å². The van der Waals surface area contributed by atoms with Gasteiger partial charge >= 0.3 is 0 Å². The van der Waals surface area contributed by atoms with Crippen LogP contribution in [0.4, 0.5) is 5.69 Å². The Bertz CT molecular complexity index is 646. The van der Waals surface area contributed by atoms with Gasteiger partial charge in [-0.2, -0.15) is 0 Å². The molecule has 2 heteroatoms. The van der Waals surface area contributed by atoms with E-state index in [1.165, 1.54) is 36.0 Å². The summed E-state index contributed by atoms with van der Waals surface area (Å²) >= 11 is 0. The number of benzene rings is 2. The number of nitrogens with zero attached hydrogens (tertiary/aromatic N) is 2. The lowest BCUT2D eigenvalue weighted by molar-refractivity contribution is 0.552. The third-order valence-corrected chi connectivity index (χ3v) is 4.55. The van der Waals surface area contributed by atoms with E-state index in [1.807, 2.05) is 13.4 Å². The molecule has 0 amide bonds. The molecule has 0 saturated carbocycles. The number of fused-ring (bicyclic) bond motifs is 1. The van der Waals surface area contributed by atoms with Gasteiger partial charge in [-0.05, 0) is 55.0 Å². The molecule has 0 bridgehead atoms. The number of hydrogen-bond acceptors (Lipinski definition) is 1. The zero-order chi connectivity index (χ0) is 15.4. The third kappa shape index (κ3) is 3.22. The van der Waals surface area contributed by atoms with Crippen LogP contribution in [0.15, 0.2) is 53.5 Å². The van der Waals surface area contributed by atoms with E-state index >= 15 is 0 Å². The topological polar surface area (TPSA) is 15.6 Å². The van der Waals surface area contributed by atoms with E-state index in [0.717, 1.165) is 12.2 Å². The van der Waals surface area contributed by atoms with Crippen molar-refractivity contribution in [3.8, 4) is 0 Å². The van der Waals surface area contributed by atoms with Crippen molar-refractivity contribution in [2.45, 2.75) is 32.1 Å². The van der Waals surface area contributed by atoms with Gasteiger partial charge in [0.15, 0.2) is 0 Å².